The Kier molecular flexibility index (Phi) is 4.69. The maximum absolute atomic E-state index is 5.78. The van der Waals surface area contributed by atoms with Gasteiger partial charge in [-0.15, -0.1) is 0 Å². The molecule has 2 N–H and O–H groups in total. The fraction of sp³-hybridized carbons (Fsp3) is 0.174. The summed E-state index contributed by atoms with van der Waals surface area (Å²) in [5.41, 5.74) is 9.73. The van der Waals surface area contributed by atoms with Gasteiger partial charge in [-0.05, 0) is 12.1 Å². The molecule has 33 heavy (non-hydrogen) atoms. The average molecular weight is 439 g/mol. The molecule has 5 aromatic rings. The summed E-state index contributed by atoms with van der Waals surface area (Å²) in [6.45, 7) is 2.86. The number of rotatable bonds is 4. The predicted octanol–water partition coefficient (Wildman–Crippen LogP) is 2.46. The molecule has 1 aliphatic heterocycles. The van der Waals surface area contributed by atoms with Crippen LogP contribution in [0.2, 0.25) is 0 Å². The van der Waals surface area contributed by atoms with Crippen molar-refractivity contribution in [3.8, 4) is 28.5 Å². The lowest BCUT2D eigenvalue weighted by molar-refractivity contribution is 0.122. The molecule has 1 aliphatic rings. The van der Waals surface area contributed by atoms with Crippen LogP contribution in [0, 0.1) is 0 Å². The van der Waals surface area contributed by atoms with Crippen molar-refractivity contribution in [1.29, 1.82) is 0 Å². The summed E-state index contributed by atoms with van der Waals surface area (Å²) in [5.74, 6) is 1.83. The Hall–Kier alpha value is -4.31. The largest absolute Gasteiger partial charge is 0.378 e. The number of fused-ring (bicyclic) bond motifs is 1. The highest BCUT2D eigenvalue weighted by Crippen LogP contribution is 2.25. The Morgan fingerprint density at radius 2 is 1.70 bits per heavy atom. The van der Waals surface area contributed by atoms with Crippen molar-refractivity contribution in [1.82, 2.24) is 34.3 Å². The fourth-order valence-corrected chi connectivity index (χ4v) is 3.94. The lowest BCUT2D eigenvalue weighted by atomic mass is 10.2. The lowest BCUT2D eigenvalue weighted by Gasteiger charge is -2.29. The fourth-order valence-electron chi connectivity index (χ4n) is 3.94. The monoisotopic (exact) mass is 439 g/mol. The van der Waals surface area contributed by atoms with Gasteiger partial charge >= 0.3 is 0 Å². The van der Waals surface area contributed by atoms with Crippen LogP contribution in [-0.2, 0) is 4.74 Å². The van der Waals surface area contributed by atoms with Gasteiger partial charge in [0.25, 0.3) is 0 Å². The minimum atomic E-state index is 0.205. The van der Waals surface area contributed by atoms with Crippen LogP contribution < -0.4 is 10.6 Å². The SMILES string of the molecule is Nc1nccc(-c2cc3nc(-n4ccc(-c5ccccc5)n4)cc(N4CCOCC4)n3n2)n1. The van der Waals surface area contributed by atoms with E-state index in [0.29, 0.717) is 36.1 Å². The van der Waals surface area contributed by atoms with Crippen LogP contribution in [0.25, 0.3) is 34.1 Å². The molecule has 0 spiro atoms. The number of nitrogens with zero attached hydrogens (tertiary/aromatic N) is 8. The zero-order valence-corrected chi connectivity index (χ0v) is 17.7. The molecular weight excluding hydrogens is 418 g/mol. The maximum atomic E-state index is 5.78. The second kappa shape index (κ2) is 7.99. The van der Waals surface area contributed by atoms with E-state index < -0.39 is 0 Å². The molecule has 164 valence electrons. The Bertz CT molecular complexity index is 1420. The van der Waals surface area contributed by atoms with E-state index in [9.17, 15) is 0 Å². The van der Waals surface area contributed by atoms with Gasteiger partial charge in [0, 0.05) is 43.2 Å². The minimum Gasteiger partial charge on any atom is -0.378 e. The highest BCUT2D eigenvalue weighted by atomic mass is 16.5. The number of nitrogen functional groups attached to an aromatic ring is 1. The molecule has 0 radical (unpaired) electrons. The first-order valence-corrected chi connectivity index (χ1v) is 10.7. The Labute approximate surface area is 189 Å². The summed E-state index contributed by atoms with van der Waals surface area (Å²) in [4.78, 5) is 15.4. The van der Waals surface area contributed by atoms with E-state index in [1.54, 1.807) is 16.9 Å². The van der Waals surface area contributed by atoms with Crippen LogP contribution in [0.5, 0.6) is 0 Å². The zero-order chi connectivity index (χ0) is 22.2. The number of aromatic nitrogens is 7. The molecular formula is C23H21N9O. The van der Waals surface area contributed by atoms with E-state index in [0.717, 1.165) is 30.2 Å². The molecule has 1 fully saturated rings. The van der Waals surface area contributed by atoms with Crippen molar-refractivity contribution in [3.05, 3.63) is 67.0 Å². The maximum Gasteiger partial charge on any atom is 0.220 e. The molecule has 10 heteroatoms. The van der Waals surface area contributed by atoms with Crippen molar-refractivity contribution >= 4 is 17.4 Å². The summed E-state index contributed by atoms with van der Waals surface area (Å²) in [6, 6.07) is 17.8. The van der Waals surface area contributed by atoms with Crippen LogP contribution >= 0.6 is 0 Å². The zero-order valence-electron chi connectivity index (χ0n) is 17.7. The van der Waals surface area contributed by atoms with Crippen LogP contribution in [0.15, 0.2) is 67.0 Å². The first-order valence-electron chi connectivity index (χ1n) is 10.7. The molecule has 4 aromatic heterocycles. The van der Waals surface area contributed by atoms with Crippen molar-refractivity contribution in [2.75, 3.05) is 36.9 Å². The molecule has 1 aromatic carbocycles. The minimum absolute atomic E-state index is 0.205. The third-order valence-corrected chi connectivity index (χ3v) is 5.56. The quantitative estimate of drug-likeness (QED) is 0.454. The molecule has 0 unspecified atom stereocenters. The van der Waals surface area contributed by atoms with Gasteiger partial charge in [0.1, 0.15) is 11.5 Å². The number of hydrogen-bond donors (Lipinski definition) is 1. The van der Waals surface area contributed by atoms with Crippen molar-refractivity contribution in [2.24, 2.45) is 0 Å². The normalized spacial score (nSPS) is 14.1. The number of morpholine rings is 1. The van der Waals surface area contributed by atoms with Gasteiger partial charge in [-0.25, -0.2) is 19.6 Å². The topological polar surface area (TPSA) is 112 Å². The Morgan fingerprint density at radius 3 is 2.52 bits per heavy atom. The molecule has 0 saturated carbocycles. The van der Waals surface area contributed by atoms with Crippen molar-refractivity contribution < 1.29 is 4.74 Å². The van der Waals surface area contributed by atoms with Crippen LogP contribution in [0.1, 0.15) is 0 Å². The Morgan fingerprint density at radius 1 is 0.848 bits per heavy atom. The molecule has 0 aliphatic carbocycles. The molecule has 10 nitrogen and oxygen atoms in total. The summed E-state index contributed by atoms with van der Waals surface area (Å²) in [6.07, 6.45) is 3.55. The van der Waals surface area contributed by atoms with Gasteiger partial charge in [-0.2, -0.15) is 14.7 Å². The Balaban J connectivity index is 1.48. The first-order chi connectivity index (χ1) is 16.2. The standard InChI is InChI=1S/C23H21N9O/c24-23-25-8-6-18(26-23)19-14-21-27-20(15-22(32(21)29-19)30-10-12-33-13-11-30)31-9-7-17(28-31)16-4-2-1-3-5-16/h1-9,14-15H,10-13H2,(H2,24,25,26). The van der Waals surface area contributed by atoms with Gasteiger partial charge in [-0.3, -0.25) is 0 Å². The van der Waals surface area contributed by atoms with E-state index in [1.165, 1.54) is 0 Å². The summed E-state index contributed by atoms with van der Waals surface area (Å²) in [5, 5.41) is 9.55. The van der Waals surface area contributed by atoms with Crippen LogP contribution in [0.4, 0.5) is 11.8 Å². The average Bonchev–Trinajstić information content (AvgIpc) is 3.52. The smallest absolute Gasteiger partial charge is 0.220 e. The number of hydrogen-bond acceptors (Lipinski definition) is 8. The highest BCUT2D eigenvalue weighted by Gasteiger charge is 2.19. The summed E-state index contributed by atoms with van der Waals surface area (Å²) >= 11 is 0. The summed E-state index contributed by atoms with van der Waals surface area (Å²) < 4.78 is 9.18. The molecule has 1 saturated heterocycles. The predicted molar refractivity (Wildman–Crippen MR) is 124 cm³/mol. The molecule has 5 heterocycles. The van der Waals surface area contributed by atoms with Gasteiger partial charge < -0.3 is 15.4 Å². The van der Waals surface area contributed by atoms with Crippen LogP contribution in [-0.4, -0.2) is 60.6 Å². The lowest BCUT2D eigenvalue weighted by Crippen LogP contribution is -2.37. The molecule has 6 rings (SSSR count). The van der Waals surface area contributed by atoms with E-state index in [-0.39, 0.29) is 5.95 Å². The second-order valence-corrected chi connectivity index (χ2v) is 7.68. The third-order valence-electron chi connectivity index (χ3n) is 5.56. The van der Waals surface area contributed by atoms with E-state index >= 15 is 0 Å². The molecule has 0 atom stereocenters. The number of anilines is 2. The van der Waals surface area contributed by atoms with Gasteiger partial charge in [0.05, 0.1) is 24.6 Å². The molecule has 0 bridgehead atoms. The van der Waals surface area contributed by atoms with Gasteiger partial charge in [0.2, 0.25) is 5.95 Å². The summed E-state index contributed by atoms with van der Waals surface area (Å²) in [7, 11) is 0. The second-order valence-electron chi connectivity index (χ2n) is 7.68. The highest BCUT2D eigenvalue weighted by molar-refractivity contribution is 5.65. The first kappa shape index (κ1) is 19.4. The van der Waals surface area contributed by atoms with Crippen molar-refractivity contribution in [3.63, 3.8) is 0 Å². The number of nitrogens with two attached hydrogens (primary N) is 1. The van der Waals surface area contributed by atoms with E-state index in [4.69, 9.17) is 25.7 Å². The number of benzene rings is 1. The van der Waals surface area contributed by atoms with Gasteiger partial charge in [-0.1, -0.05) is 30.3 Å². The van der Waals surface area contributed by atoms with Crippen LogP contribution in [0.3, 0.4) is 0 Å². The molecule has 0 amide bonds. The van der Waals surface area contributed by atoms with Gasteiger partial charge in [0.15, 0.2) is 11.5 Å². The van der Waals surface area contributed by atoms with E-state index in [2.05, 4.69) is 14.9 Å². The third kappa shape index (κ3) is 3.66. The van der Waals surface area contributed by atoms with Crippen molar-refractivity contribution in [2.45, 2.75) is 0 Å². The van der Waals surface area contributed by atoms with E-state index in [1.807, 2.05) is 59.2 Å². The number of ether oxygens (including phenoxy) is 1.